The molecule has 2 aliphatic rings. The number of likely N-dealkylation sites (tertiary alicyclic amines) is 1. The van der Waals surface area contributed by atoms with Crippen LogP contribution in [0, 0.1) is 6.92 Å². The van der Waals surface area contributed by atoms with Gasteiger partial charge in [0.15, 0.2) is 5.96 Å². The number of amides is 2. The highest BCUT2D eigenvalue weighted by Crippen LogP contribution is 2.14. The molecule has 1 atom stereocenters. The van der Waals surface area contributed by atoms with Crippen LogP contribution in [0.1, 0.15) is 42.6 Å². The molecule has 9 heteroatoms. The largest absolute Gasteiger partial charge is 0.357 e. The summed E-state index contributed by atoms with van der Waals surface area (Å²) in [5, 5.41) is 6.31. The van der Waals surface area contributed by atoms with Crippen molar-refractivity contribution in [3.63, 3.8) is 0 Å². The third-order valence-corrected chi connectivity index (χ3v) is 6.21. The number of nitrogens with zero attached hydrogens (tertiary/aromatic N) is 4. The van der Waals surface area contributed by atoms with Gasteiger partial charge in [-0.1, -0.05) is 17.7 Å². The summed E-state index contributed by atoms with van der Waals surface area (Å²) >= 11 is 0. The number of hydrogen-bond donors (Lipinski definition) is 2. The molecule has 0 bridgehead atoms. The predicted octanol–water partition coefficient (Wildman–Crippen LogP) is 1.94. The molecule has 3 rings (SSSR count). The van der Waals surface area contributed by atoms with Crippen LogP contribution in [0.4, 0.5) is 0 Å². The van der Waals surface area contributed by atoms with Gasteiger partial charge >= 0.3 is 0 Å². The molecule has 184 valence electrons. The third kappa shape index (κ3) is 7.84. The van der Waals surface area contributed by atoms with E-state index >= 15 is 0 Å². The van der Waals surface area contributed by atoms with Gasteiger partial charge < -0.3 is 20.4 Å². The molecule has 33 heavy (non-hydrogen) atoms. The molecule has 2 aliphatic heterocycles. The molecule has 0 aliphatic carbocycles. The zero-order valence-corrected chi connectivity index (χ0v) is 22.5. The second-order valence-electron chi connectivity index (χ2n) is 8.59. The number of aryl methyl sites for hydroxylation is 1. The van der Waals surface area contributed by atoms with Crippen LogP contribution in [-0.4, -0.2) is 97.4 Å². The Kier molecular flexibility index (Phi) is 11.4. The van der Waals surface area contributed by atoms with Gasteiger partial charge in [0, 0.05) is 57.9 Å². The maximum Gasteiger partial charge on any atom is 0.251 e. The molecule has 0 spiro atoms. The van der Waals surface area contributed by atoms with Crippen LogP contribution in [0.5, 0.6) is 0 Å². The molecule has 1 aromatic rings. The van der Waals surface area contributed by atoms with Crippen molar-refractivity contribution >= 4 is 41.8 Å². The fraction of sp³-hybridized carbons (Fsp3) is 0.625. The highest BCUT2D eigenvalue weighted by molar-refractivity contribution is 14.0. The number of guanidine groups is 1. The first-order chi connectivity index (χ1) is 15.5. The molecular formula is C24H39IN6O2. The fourth-order valence-corrected chi connectivity index (χ4v) is 4.32. The minimum absolute atomic E-state index is 0. The van der Waals surface area contributed by atoms with Crippen molar-refractivity contribution in [2.75, 3.05) is 58.9 Å². The molecule has 2 heterocycles. The van der Waals surface area contributed by atoms with Crippen LogP contribution in [0.3, 0.4) is 0 Å². The summed E-state index contributed by atoms with van der Waals surface area (Å²) < 4.78 is 0. The first-order valence-electron chi connectivity index (χ1n) is 11.9. The van der Waals surface area contributed by atoms with E-state index in [0.717, 1.165) is 70.2 Å². The average molecular weight is 571 g/mol. The minimum Gasteiger partial charge on any atom is -0.357 e. The van der Waals surface area contributed by atoms with E-state index in [1.807, 2.05) is 43.0 Å². The van der Waals surface area contributed by atoms with Crippen LogP contribution in [-0.2, 0) is 4.79 Å². The van der Waals surface area contributed by atoms with Gasteiger partial charge in [-0.15, -0.1) is 24.0 Å². The van der Waals surface area contributed by atoms with Crippen LogP contribution in [0.2, 0.25) is 0 Å². The third-order valence-electron chi connectivity index (χ3n) is 6.21. The fourth-order valence-electron chi connectivity index (χ4n) is 4.32. The van der Waals surface area contributed by atoms with Crippen LogP contribution < -0.4 is 10.6 Å². The first kappa shape index (κ1) is 27.4. The summed E-state index contributed by atoms with van der Waals surface area (Å²) in [7, 11) is 0. The number of halogens is 1. The summed E-state index contributed by atoms with van der Waals surface area (Å²) in [6.45, 7) is 13.0. The van der Waals surface area contributed by atoms with Crippen molar-refractivity contribution in [3.05, 3.63) is 35.4 Å². The summed E-state index contributed by atoms with van der Waals surface area (Å²) in [6, 6.07) is 7.52. The van der Waals surface area contributed by atoms with Crippen LogP contribution >= 0.6 is 24.0 Å². The van der Waals surface area contributed by atoms with Crippen LogP contribution in [0.25, 0.3) is 0 Å². The van der Waals surface area contributed by atoms with Gasteiger partial charge in [-0.25, -0.2) is 0 Å². The van der Waals surface area contributed by atoms with Crippen molar-refractivity contribution in [1.82, 2.24) is 25.3 Å². The summed E-state index contributed by atoms with van der Waals surface area (Å²) in [5.74, 6) is 1.07. The Balaban J connectivity index is 0.00000385. The summed E-state index contributed by atoms with van der Waals surface area (Å²) in [5.41, 5.74) is 1.75. The van der Waals surface area contributed by atoms with Gasteiger partial charge in [-0.3, -0.25) is 19.5 Å². The molecular weight excluding hydrogens is 531 g/mol. The van der Waals surface area contributed by atoms with Gasteiger partial charge in [-0.05, 0) is 45.7 Å². The van der Waals surface area contributed by atoms with Crippen molar-refractivity contribution in [2.24, 2.45) is 4.99 Å². The topological polar surface area (TPSA) is 80.3 Å². The van der Waals surface area contributed by atoms with Gasteiger partial charge in [0.05, 0.1) is 12.6 Å². The van der Waals surface area contributed by atoms with Gasteiger partial charge in [0.2, 0.25) is 5.91 Å². The van der Waals surface area contributed by atoms with Crippen LogP contribution in [0.15, 0.2) is 29.3 Å². The van der Waals surface area contributed by atoms with E-state index in [9.17, 15) is 9.59 Å². The Labute approximate surface area is 215 Å². The van der Waals surface area contributed by atoms with Gasteiger partial charge in [0.1, 0.15) is 0 Å². The molecule has 1 aromatic carbocycles. The van der Waals surface area contributed by atoms with E-state index in [4.69, 9.17) is 4.99 Å². The number of nitrogens with one attached hydrogen (secondary N) is 2. The summed E-state index contributed by atoms with van der Waals surface area (Å²) in [4.78, 5) is 36.3. The number of benzene rings is 1. The second-order valence-corrected chi connectivity index (χ2v) is 8.59. The quantitative estimate of drug-likeness (QED) is 0.227. The molecule has 8 nitrogen and oxygen atoms in total. The highest BCUT2D eigenvalue weighted by atomic mass is 127. The molecule has 0 saturated carbocycles. The SMILES string of the molecule is CCNC(=NCCNC(=O)c1cccc(C)c1)N1CCN(C(C)C(=O)N2CCCC2)CC1.I. The lowest BCUT2D eigenvalue weighted by atomic mass is 10.1. The predicted molar refractivity (Wildman–Crippen MR) is 143 cm³/mol. The first-order valence-corrected chi connectivity index (χ1v) is 11.9. The highest BCUT2D eigenvalue weighted by Gasteiger charge is 2.30. The monoisotopic (exact) mass is 570 g/mol. The molecule has 2 N–H and O–H groups in total. The average Bonchev–Trinajstić information content (AvgIpc) is 3.35. The van der Waals surface area contributed by atoms with E-state index in [1.165, 1.54) is 0 Å². The maximum absolute atomic E-state index is 12.7. The number of rotatable bonds is 7. The second kappa shape index (κ2) is 13.7. The number of carbonyl (C=O) groups is 2. The number of hydrogen-bond acceptors (Lipinski definition) is 4. The van der Waals surface area contributed by atoms with E-state index in [0.29, 0.717) is 18.7 Å². The molecule has 0 aromatic heterocycles. The Morgan fingerprint density at radius 1 is 1.03 bits per heavy atom. The van der Waals surface area contributed by atoms with Crippen molar-refractivity contribution in [3.8, 4) is 0 Å². The zero-order chi connectivity index (χ0) is 22.9. The van der Waals surface area contributed by atoms with Gasteiger partial charge in [0.25, 0.3) is 5.91 Å². The van der Waals surface area contributed by atoms with Crippen molar-refractivity contribution in [1.29, 1.82) is 0 Å². The summed E-state index contributed by atoms with van der Waals surface area (Å²) in [6.07, 6.45) is 2.25. The Morgan fingerprint density at radius 2 is 1.73 bits per heavy atom. The number of aliphatic imine (C=N–C) groups is 1. The lowest BCUT2D eigenvalue weighted by Crippen LogP contribution is -2.57. The molecule has 2 amide bonds. The number of carbonyl (C=O) groups excluding carboxylic acids is 2. The standard InChI is InChI=1S/C24H38N6O2.HI/c1-4-25-24(27-11-10-26-22(31)21-9-7-8-19(2)18-21)30-16-14-28(15-17-30)20(3)23(32)29-12-5-6-13-29;/h7-9,18,20H,4-6,10-17H2,1-3H3,(H,25,27)(H,26,31);1H. The number of piperazine rings is 1. The Hall–Kier alpha value is -1.88. The molecule has 2 saturated heterocycles. The van der Waals surface area contributed by atoms with E-state index in [-0.39, 0.29) is 41.8 Å². The Bertz CT molecular complexity index is 804. The van der Waals surface area contributed by atoms with Crippen molar-refractivity contribution < 1.29 is 9.59 Å². The minimum atomic E-state index is -0.0702. The van der Waals surface area contributed by atoms with E-state index in [1.54, 1.807) is 0 Å². The van der Waals surface area contributed by atoms with Crippen molar-refractivity contribution in [2.45, 2.75) is 39.7 Å². The maximum atomic E-state index is 12.7. The molecule has 0 radical (unpaired) electrons. The zero-order valence-electron chi connectivity index (χ0n) is 20.2. The lowest BCUT2D eigenvalue weighted by Gasteiger charge is -2.39. The van der Waals surface area contributed by atoms with E-state index in [2.05, 4.69) is 27.4 Å². The lowest BCUT2D eigenvalue weighted by molar-refractivity contribution is -0.135. The Morgan fingerprint density at radius 3 is 2.36 bits per heavy atom. The van der Waals surface area contributed by atoms with Gasteiger partial charge in [-0.2, -0.15) is 0 Å². The normalized spacial score (nSPS) is 18.0. The van der Waals surface area contributed by atoms with E-state index < -0.39 is 0 Å². The smallest absolute Gasteiger partial charge is 0.251 e. The molecule has 2 fully saturated rings. The molecule has 1 unspecified atom stereocenters.